The van der Waals surface area contributed by atoms with E-state index < -0.39 is 0 Å². The highest BCUT2D eigenvalue weighted by Gasteiger charge is 2.26. The monoisotopic (exact) mass is 364 g/mol. The average molecular weight is 364 g/mol. The van der Waals surface area contributed by atoms with Gasteiger partial charge in [0.1, 0.15) is 0 Å². The lowest BCUT2D eigenvalue weighted by molar-refractivity contribution is 0.181. The minimum Gasteiger partial charge on any atom is -0.360 e. The second-order valence-corrected chi connectivity index (χ2v) is 6.96. The third-order valence-corrected chi connectivity index (χ3v) is 5.02. The molecule has 0 amide bonds. The number of fused-ring (bicyclic) bond motifs is 1. The van der Waals surface area contributed by atoms with Crippen LogP contribution in [0.5, 0.6) is 0 Å². The highest BCUT2D eigenvalue weighted by Crippen LogP contribution is 2.27. The van der Waals surface area contributed by atoms with Crippen molar-refractivity contribution < 1.29 is 4.52 Å². The van der Waals surface area contributed by atoms with Gasteiger partial charge in [0.25, 0.3) is 0 Å². The molecule has 0 unspecified atom stereocenters. The van der Waals surface area contributed by atoms with E-state index in [1.807, 2.05) is 41.9 Å². The summed E-state index contributed by atoms with van der Waals surface area (Å²) in [5, 5.41) is 21.6. The van der Waals surface area contributed by atoms with Crippen molar-refractivity contribution in [2.45, 2.75) is 32.2 Å². The van der Waals surface area contributed by atoms with Crippen molar-refractivity contribution >= 4 is 5.65 Å². The first-order chi connectivity index (χ1) is 13.3. The van der Waals surface area contributed by atoms with Crippen LogP contribution in [-0.2, 0) is 6.54 Å². The fourth-order valence-corrected chi connectivity index (χ4v) is 3.64. The number of piperidine rings is 1. The molecule has 27 heavy (non-hydrogen) atoms. The largest absolute Gasteiger partial charge is 0.360 e. The van der Waals surface area contributed by atoms with Crippen LogP contribution in [0.1, 0.15) is 36.0 Å². The summed E-state index contributed by atoms with van der Waals surface area (Å²) in [5.41, 5.74) is 1.69. The molecular formula is C18H20N8O. The number of aryl methyl sites for hydroxylation is 1. The van der Waals surface area contributed by atoms with Gasteiger partial charge >= 0.3 is 0 Å². The Morgan fingerprint density at radius 1 is 1.19 bits per heavy atom. The molecule has 4 aromatic heterocycles. The Morgan fingerprint density at radius 2 is 2.07 bits per heavy atom. The number of hydrogen-bond donors (Lipinski definition) is 0. The molecule has 0 radical (unpaired) electrons. The molecule has 0 aromatic carbocycles. The Balaban J connectivity index is 1.33. The quantitative estimate of drug-likeness (QED) is 0.547. The molecule has 0 spiro atoms. The van der Waals surface area contributed by atoms with E-state index in [0.717, 1.165) is 61.2 Å². The Morgan fingerprint density at radius 3 is 2.81 bits per heavy atom. The molecule has 0 aliphatic carbocycles. The number of likely N-dealkylation sites (tertiary alicyclic amines) is 1. The molecule has 138 valence electrons. The summed E-state index contributed by atoms with van der Waals surface area (Å²) >= 11 is 0. The van der Waals surface area contributed by atoms with Crippen LogP contribution in [0.3, 0.4) is 0 Å². The first kappa shape index (κ1) is 16.1. The maximum atomic E-state index is 5.34. The van der Waals surface area contributed by atoms with Gasteiger partial charge in [-0.25, -0.2) is 4.68 Å². The molecule has 5 rings (SSSR count). The molecule has 1 fully saturated rings. The summed E-state index contributed by atoms with van der Waals surface area (Å²) < 4.78 is 8.94. The predicted molar refractivity (Wildman–Crippen MR) is 96.4 cm³/mol. The lowest BCUT2D eigenvalue weighted by Crippen LogP contribution is -2.33. The zero-order valence-electron chi connectivity index (χ0n) is 15.1. The van der Waals surface area contributed by atoms with Crippen molar-refractivity contribution in [2.75, 3.05) is 13.1 Å². The van der Waals surface area contributed by atoms with Crippen LogP contribution in [0, 0.1) is 6.92 Å². The number of rotatable bonds is 4. The van der Waals surface area contributed by atoms with E-state index in [2.05, 4.69) is 25.4 Å². The number of aromatic nitrogens is 7. The van der Waals surface area contributed by atoms with Gasteiger partial charge in [0.15, 0.2) is 23.0 Å². The van der Waals surface area contributed by atoms with Crippen LogP contribution >= 0.6 is 0 Å². The summed E-state index contributed by atoms with van der Waals surface area (Å²) in [6.07, 6.45) is 5.65. The van der Waals surface area contributed by atoms with Gasteiger partial charge in [0.2, 0.25) is 0 Å². The number of hydrogen-bond acceptors (Lipinski definition) is 7. The van der Waals surface area contributed by atoms with Crippen LogP contribution in [0.15, 0.2) is 41.2 Å². The molecule has 9 heteroatoms. The molecule has 1 aliphatic rings. The van der Waals surface area contributed by atoms with Gasteiger partial charge in [-0.3, -0.25) is 4.90 Å². The van der Waals surface area contributed by atoms with Crippen molar-refractivity contribution in [2.24, 2.45) is 0 Å². The highest BCUT2D eigenvalue weighted by atomic mass is 16.5. The van der Waals surface area contributed by atoms with E-state index in [-0.39, 0.29) is 0 Å². The maximum Gasteiger partial charge on any atom is 0.178 e. The van der Waals surface area contributed by atoms with Crippen LogP contribution in [-0.4, -0.2) is 52.7 Å². The van der Waals surface area contributed by atoms with Crippen molar-refractivity contribution in [3.05, 3.63) is 53.9 Å². The Kier molecular flexibility index (Phi) is 3.93. The van der Waals surface area contributed by atoms with Crippen LogP contribution < -0.4 is 0 Å². The Bertz CT molecular complexity index is 1040. The van der Waals surface area contributed by atoms with Crippen LogP contribution in [0.2, 0.25) is 0 Å². The third kappa shape index (κ3) is 3.10. The smallest absolute Gasteiger partial charge is 0.178 e. The van der Waals surface area contributed by atoms with Gasteiger partial charge < -0.3 is 4.52 Å². The average Bonchev–Trinajstić information content (AvgIpc) is 3.43. The molecule has 0 bridgehead atoms. The molecule has 0 N–H and O–H groups in total. The summed E-state index contributed by atoms with van der Waals surface area (Å²) in [4.78, 5) is 2.39. The lowest BCUT2D eigenvalue weighted by Gasteiger charge is -2.30. The topological polar surface area (TPSA) is 90.2 Å². The summed E-state index contributed by atoms with van der Waals surface area (Å²) in [7, 11) is 0. The number of nitrogens with zero attached hydrogens (tertiary/aromatic N) is 8. The molecule has 0 saturated carbocycles. The van der Waals surface area contributed by atoms with Gasteiger partial charge in [-0.05, 0) is 51.1 Å². The highest BCUT2D eigenvalue weighted by molar-refractivity contribution is 5.39. The van der Waals surface area contributed by atoms with Gasteiger partial charge in [-0.2, -0.15) is 9.61 Å². The molecular weight excluding hydrogens is 344 g/mol. The van der Waals surface area contributed by atoms with Gasteiger partial charge in [0.05, 0.1) is 12.2 Å². The minimum absolute atomic E-state index is 0.341. The molecule has 9 nitrogen and oxygen atoms in total. The van der Waals surface area contributed by atoms with Gasteiger partial charge in [-0.1, -0.05) is 5.16 Å². The Labute approximate surface area is 155 Å². The summed E-state index contributed by atoms with van der Waals surface area (Å²) in [6.45, 7) is 4.71. The van der Waals surface area contributed by atoms with Crippen molar-refractivity contribution in [3.63, 3.8) is 0 Å². The summed E-state index contributed by atoms with van der Waals surface area (Å²) in [5.74, 6) is 2.94. The van der Waals surface area contributed by atoms with Crippen LogP contribution in [0.4, 0.5) is 0 Å². The predicted octanol–water partition coefficient (Wildman–Crippen LogP) is 1.99. The third-order valence-electron chi connectivity index (χ3n) is 5.02. The standard InChI is InChI=1S/C18H20N8O/c1-13-11-15(27-23-13)12-24-9-5-14(6-10-24)18-21-20-16-3-4-17(22-26(16)18)25-8-2-7-19-25/h2-4,7-8,11,14H,5-6,9-10,12H2,1H3. The van der Waals surface area contributed by atoms with E-state index >= 15 is 0 Å². The van der Waals surface area contributed by atoms with Crippen molar-refractivity contribution in [1.82, 2.24) is 39.6 Å². The fourth-order valence-electron chi connectivity index (χ4n) is 3.64. The minimum atomic E-state index is 0.341. The first-order valence-electron chi connectivity index (χ1n) is 9.13. The lowest BCUT2D eigenvalue weighted by atomic mass is 9.96. The van der Waals surface area contributed by atoms with E-state index in [9.17, 15) is 0 Å². The van der Waals surface area contributed by atoms with Gasteiger partial charge in [-0.15, -0.1) is 15.3 Å². The van der Waals surface area contributed by atoms with E-state index in [4.69, 9.17) is 9.62 Å². The van der Waals surface area contributed by atoms with E-state index in [1.165, 1.54) is 0 Å². The normalized spacial score (nSPS) is 16.3. The SMILES string of the molecule is Cc1cc(CN2CCC(c3nnc4ccc(-n5cccn5)nn34)CC2)on1. The van der Waals surface area contributed by atoms with E-state index in [1.54, 1.807) is 10.9 Å². The molecule has 1 aliphatic heterocycles. The van der Waals surface area contributed by atoms with Gasteiger partial charge in [0, 0.05) is 24.4 Å². The summed E-state index contributed by atoms with van der Waals surface area (Å²) in [6, 6.07) is 7.72. The first-order valence-corrected chi connectivity index (χ1v) is 9.13. The zero-order valence-corrected chi connectivity index (χ0v) is 15.1. The van der Waals surface area contributed by atoms with Crippen molar-refractivity contribution in [1.29, 1.82) is 0 Å². The zero-order chi connectivity index (χ0) is 18.2. The molecule has 5 heterocycles. The maximum absolute atomic E-state index is 5.34. The molecule has 1 saturated heterocycles. The fraction of sp³-hybridized carbons (Fsp3) is 0.389. The van der Waals surface area contributed by atoms with E-state index in [0.29, 0.717) is 5.92 Å². The molecule has 0 atom stereocenters. The van der Waals surface area contributed by atoms with Crippen molar-refractivity contribution in [3.8, 4) is 5.82 Å². The Hall–Kier alpha value is -3.07. The second-order valence-electron chi connectivity index (χ2n) is 6.96. The molecule has 4 aromatic rings. The van der Waals surface area contributed by atoms with Crippen LogP contribution in [0.25, 0.3) is 11.5 Å². The second kappa shape index (κ2) is 6.58.